The van der Waals surface area contributed by atoms with E-state index in [1.807, 2.05) is 6.92 Å². The first-order chi connectivity index (χ1) is 15.4. The molecule has 1 heterocycles. The van der Waals surface area contributed by atoms with E-state index in [1.54, 1.807) is 47.1 Å². The predicted molar refractivity (Wildman–Crippen MR) is 120 cm³/mol. The van der Waals surface area contributed by atoms with Gasteiger partial charge in [0.15, 0.2) is 5.82 Å². The van der Waals surface area contributed by atoms with Crippen molar-refractivity contribution in [1.29, 1.82) is 0 Å². The van der Waals surface area contributed by atoms with Crippen LogP contribution in [0.3, 0.4) is 0 Å². The van der Waals surface area contributed by atoms with Crippen LogP contribution in [0.15, 0.2) is 67.3 Å². The van der Waals surface area contributed by atoms with Gasteiger partial charge in [-0.05, 0) is 55.0 Å². The molecule has 2 aromatic carbocycles. The number of carbonyl (C=O) groups is 2. The SMILES string of the molecule is C=CC(=O)NCc1ccc(C(=O)Nc2cc(C)n(CCCOc3ccc(F)cc3)n2)cc1. The molecule has 7 nitrogen and oxygen atoms in total. The van der Waals surface area contributed by atoms with Crippen molar-refractivity contribution in [3.05, 3.63) is 89.9 Å². The molecule has 0 atom stereocenters. The largest absolute Gasteiger partial charge is 0.494 e. The van der Waals surface area contributed by atoms with E-state index >= 15 is 0 Å². The van der Waals surface area contributed by atoms with Crippen molar-refractivity contribution in [1.82, 2.24) is 15.1 Å². The Hall–Kier alpha value is -3.94. The zero-order chi connectivity index (χ0) is 22.9. The molecular formula is C24H25FN4O3. The van der Waals surface area contributed by atoms with Crippen LogP contribution in [-0.2, 0) is 17.9 Å². The molecular weight excluding hydrogens is 411 g/mol. The van der Waals surface area contributed by atoms with Gasteiger partial charge in [-0.25, -0.2) is 4.39 Å². The van der Waals surface area contributed by atoms with Gasteiger partial charge in [-0.1, -0.05) is 18.7 Å². The molecule has 0 spiro atoms. The topological polar surface area (TPSA) is 85.2 Å². The van der Waals surface area contributed by atoms with Gasteiger partial charge in [-0.2, -0.15) is 5.10 Å². The van der Waals surface area contributed by atoms with E-state index in [4.69, 9.17) is 4.74 Å². The fourth-order valence-electron chi connectivity index (χ4n) is 2.96. The first kappa shape index (κ1) is 22.7. The number of hydrogen-bond donors (Lipinski definition) is 2. The van der Waals surface area contributed by atoms with Crippen LogP contribution < -0.4 is 15.4 Å². The number of amides is 2. The molecule has 2 N–H and O–H groups in total. The minimum absolute atomic E-state index is 0.250. The number of hydrogen-bond acceptors (Lipinski definition) is 4. The van der Waals surface area contributed by atoms with Crippen LogP contribution in [-0.4, -0.2) is 28.2 Å². The Kier molecular flexibility index (Phi) is 7.75. The lowest BCUT2D eigenvalue weighted by Crippen LogP contribution is -2.20. The van der Waals surface area contributed by atoms with E-state index in [0.29, 0.717) is 43.2 Å². The van der Waals surface area contributed by atoms with Crippen molar-refractivity contribution in [2.45, 2.75) is 26.4 Å². The minimum atomic E-state index is -0.299. The first-order valence-electron chi connectivity index (χ1n) is 10.2. The van der Waals surface area contributed by atoms with Gasteiger partial charge in [-0.15, -0.1) is 0 Å². The number of aryl methyl sites for hydroxylation is 2. The number of carbonyl (C=O) groups excluding carboxylic acids is 2. The highest BCUT2D eigenvalue weighted by atomic mass is 19.1. The molecule has 0 aliphatic carbocycles. The number of aromatic nitrogens is 2. The fourth-order valence-corrected chi connectivity index (χ4v) is 2.96. The Morgan fingerprint density at radius 1 is 1.16 bits per heavy atom. The number of rotatable bonds is 10. The van der Waals surface area contributed by atoms with Crippen molar-refractivity contribution in [3.8, 4) is 5.75 Å². The average molecular weight is 436 g/mol. The number of nitrogens with one attached hydrogen (secondary N) is 2. The first-order valence-corrected chi connectivity index (χ1v) is 10.2. The van der Waals surface area contributed by atoms with E-state index in [2.05, 4.69) is 22.3 Å². The average Bonchev–Trinajstić information content (AvgIpc) is 3.15. The van der Waals surface area contributed by atoms with Crippen LogP contribution in [0, 0.1) is 12.7 Å². The van der Waals surface area contributed by atoms with E-state index in [9.17, 15) is 14.0 Å². The molecule has 166 valence electrons. The Bertz CT molecular complexity index is 1080. The third-order valence-corrected chi connectivity index (χ3v) is 4.69. The summed E-state index contributed by atoms with van der Waals surface area (Å²) >= 11 is 0. The van der Waals surface area contributed by atoms with E-state index < -0.39 is 0 Å². The summed E-state index contributed by atoms with van der Waals surface area (Å²) in [6.45, 7) is 6.76. The normalized spacial score (nSPS) is 10.4. The van der Waals surface area contributed by atoms with Crippen molar-refractivity contribution in [2.24, 2.45) is 0 Å². The van der Waals surface area contributed by atoms with Gasteiger partial charge in [0.2, 0.25) is 5.91 Å². The summed E-state index contributed by atoms with van der Waals surface area (Å²) < 4.78 is 20.3. The second-order valence-electron chi connectivity index (χ2n) is 7.12. The monoisotopic (exact) mass is 436 g/mol. The number of nitrogens with zero attached hydrogens (tertiary/aromatic N) is 2. The third-order valence-electron chi connectivity index (χ3n) is 4.69. The van der Waals surface area contributed by atoms with Gasteiger partial charge in [0, 0.05) is 36.8 Å². The summed E-state index contributed by atoms with van der Waals surface area (Å²) in [6.07, 6.45) is 1.92. The second kappa shape index (κ2) is 10.9. The fraction of sp³-hybridized carbons (Fsp3) is 0.208. The standard InChI is InChI=1S/C24H25FN4O3/c1-3-23(30)26-16-18-5-7-19(8-6-18)24(31)27-22-15-17(2)29(28-22)13-4-14-32-21-11-9-20(25)10-12-21/h3,5-12,15H,1,4,13-14,16H2,2H3,(H,26,30)(H,27,28,31). The summed E-state index contributed by atoms with van der Waals surface area (Å²) in [5, 5.41) is 9.91. The Labute approximate surface area is 185 Å². The molecule has 3 rings (SSSR count). The van der Waals surface area contributed by atoms with Gasteiger partial charge in [0.1, 0.15) is 11.6 Å². The Balaban J connectivity index is 1.48. The highest BCUT2D eigenvalue weighted by Crippen LogP contribution is 2.14. The molecule has 32 heavy (non-hydrogen) atoms. The summed E-state index contributed by atoms with van der Waals surface area (Å²) in [6, 6.07) is 14.7. The Morgan fingerprint density at radius 2 is 1.88 bits per heavy atom. The quantitative estimate of drug-likeness (QED) is 0.373. The molecule has 3 aromatic rings. The summed E-state index contributed by atoms with van der Waals surface area (Å²) in [7, 11) is 0. The summed E-state index contributed by atoms with van der Waals surface area (Å²) in [4.78, 5) is 23.7. The van der Waals surface area contributed by atoms with Crippen LogP contribution >= 0.6 is 0 Å². The molecule has 2 amide bonds. The molecule has 1 aromatic heterocycles. The van der Waals surface area contributed by atoms with Gasteiger partial charge in [0.25, 0.3) is 5.91 Å². The van der Waals surface area contributed by atoms with Gasteiger partial charge >= 0.3 is 0 Å². The number of anilines is 1. The molecule has 0 unspecified atom stereocenters. The van der Waals surface area contributed by atoms with Gasteiger partial charge < -0.3 is 15.4 Å². The van der Waals surface area contributed by atoms with E-state index in [-0.39, 0.29) is 17.6 Å². The van der Waals surface area contributed by atoms with Gasteiger partial charge in [0.05, 0.1) is 6.61 Å². The predicted octanol–water partition coefficient (Wildman–Crippen LogP) is 3.85. The maximum absolute atomic E-state index is 12.9. The van der Waals surface area contributed by atoms with Gasteiger partial charge in [-0.3, -0.25) is 14.3 Å². The summed E-state index contributed by atoms with van der Waals surface area (Å²) in [5.74, 6) is 0.266. The van der Waals surface area contributed by atoms with Crippen LogP contribution in [0.2, 0.25) is 0 Å². The van der Waals surface area contributed by atoms with Crippen molar-refractivity contribution in [3.63, 3.8) is 0 Å². The number of ether oxygens (including phenoxy) is 1. The lowest BCUT2D eigenvalue weighted by atomic mass is 10.1. The second-order valence-corrected chi connectivity index (χ2v) is 7.12. The smallest absolute Gasteiger partial charge is 0.256 e. The maximum Gasteiger partial charge on any atom is 0.256 e. The van der Waals surface area contributed by atoms with Crippen LogP contribution in [0.25, 0.3) is 0 Å². The molecule has 0 saturated heterocycles. The highest BCUT2D eigenvalue weighted by molar-refractivity contribution is 6.03. The molecule has 0 fully saturated rings. The Morgan fingerprint density at radius 3 is 2.56 bits per heavy atom. The summed E-state index contributed by atoms with van der Waals surface area (Å²) in [5.41, 5.74) is 2.28. The molecule has 0 radical (unpaired) electrons. The van der Waals surface area contributed by atoms with E-state index in [0.717, 1.165) is 11.3 Å². The maximum atomic E-state index is 12.9. The highest BCUT2D eigenvalue weighted by Gasteiger charge is 2.10. The third kappa shape index (κ3) is 6.53. The van der Waals surface area contributed by atoms with Crippen LogP contribution in [0.4, 0.5) is 10.2 Å². The lowest BCUT2D eigenvalue weighted by molar-refractivity contribution is -0.116. The zero-order valence-corrected chi connectivity index (χ0v) is 17.8. The van der Waals surface area contributed by atoms with E-state index in [1.165, 1.54) is 18.2 Å². The number of halogens is 1. The molecule has 0 bridgehead atoms. The molecule has 8 heteroatoms. The molecule has 0 saturated carbocycles. The van der Waals surface area contributed by atoms with Crippen LogP contribution in [0.1, 0.15) is 28.0 Å². The van der Waals surface area contributed by atoms with Crippen molar-refractivity contribution < 1.29 is 18.7 Å². The van der Waals surface area contributed by atoms with Crippen molar-refractivity contribution in [2.75, 3.05) is 11.9 Å². The number of benzene rings is 2. The lowest BCUT2D eigenvalue weighted by Gasteiger charge is -2.07. The zero-order valence-electron chi connectivity index (χ0n) is 17.8. The van der Waals surface area contributed by atoms with Crippen molar-refractivity contribution >= 4 is 17.6 Å². The molecule has 0 aliphatic heterocycles. The van der Waals surface area contributed by atoms with Crippen LogP contribution in [0.5, 0.6) is 5.75 Å². The minimum Gasteiger partial charge on any atom is -0.494 e. The molecule has 0 aliphatic rings.